The van der Waals surface area contributed by atoms with E-state index in [1.165, 1.54) is 21.3 Å². The van der Waals surface area contributed by atoms with E-state index in [1.807, 2.05) is 6.07 Å². The molecule has 9 heteroatoms. The number of hydrogen-bond acceptors (Lipinski definition) is 6. The number of halogens is 1. The second kappa shape index (κ2) is 8.72. The Balaban J connectivity index is 1.96. The molecule has 2 aromatic carbocycles. The van der Waals surface area contributed by atoms with E-state index in [4.69, 9.17) is 25.8 Å². The van der Waals surface area contributed by atoms with Crippen molar-refractivity contribution in [3.8, 4) is 28.4 Å². The van der Waals surface area contributed by atoms with Crippen molar-refractivity contribution in [2.75, 3.05) is 26.6 Å². The molecule has 0 bridgehead atoms. The van der Waals surface area contributed by atoms with Gasteiger partial charge in [-0.2, -0.15) is 0 Å². The van der Waals surface area contributed by atoms with Gasteiger partial charge in [0.25, 0.3) is 0 Å². The van der Waals surface area contributed by atoms with E-state index in [-0.39, 0.29) is 17.2 Å². The molecule has 2 heterocycles. The number of ether oxygens (including phenoxy) is 3. The average Bonchev–Trinajstić information content (AvgIpc) is 3.17. The fraction of sp³-hybridized carbons (Fsp3) is 0.217. The van der Waals surface area contributed by atoms with Gasteiger partial charge < -0.3 is 24.6 Å². The van der Waals surface area contributed by atoms with E-state index >= 15 is 0 Å². The average molecular weight is 474 g/mol. The van der Waals surface area contributed by atoms with Crippen LogP contribution < -0.4 is 19.5 Å². The molecule has 1 aromatic heterocycles. The zero-order chi connectivity index (χ0) is 23.0. The summed E-state index contributed by atoms with van der Waals surface area (Å²) in [6.07, 6.45) is 0.137. The summed E-state index contributed by atoms with van der Waals surface area (Å²) in [5, 5.41) is 13.3. The van der Waals surface area contributed by atoms with Crippen molar-refractivity contribution in [1.82, 2.24) is 0 Å². The third-order valence-electron chi connectivity index (χ3n) is 5.34. The Kier molecular flexibility index (Phi) is 5.99. The number of anilines is 1. The minimum absolute atomic E-state index is 0.137. The Morgan fingerprint density at radius 3 is 2.34 bits per heavy atom. The molecule has 0 unspecified atom stereocenters. The lowest BCUT2D eigenvalue weighted by Gasteiger charge is -2.26. The van der Waals surface area contributed by atoms with Gasteiger partial charge in [0.15, 0.2) is 11.5 Å². The van der Waals surface area contributed by atoms with Crippen LogP contribution in [0, 0.1) is 0 Å². The maximum Gasteiger partial charge on any atom is 0.346 e. The van der Waals surface area contributed by atoms with Crippen LogP contribution >= 0.6 is 22.9 Å². The summed E-state index contributed by atoms with van der Waals surface area (Å²) >= 11 is 7.15. The number of rotatable bonds is 6. The smallest absolute Gasteiger partial charge is 0.346 e. The van der Waals surface area contributed by atoms with Gasteiger partial charge in [-0.25, -0.2) is 4.79 Å². The fourth-order valence-corrected chi connectivity index (χ4v) is 5.34. The van der Waals surface area contributed by atoms with Crippen LogP contribution in [0.2, 0.25) is 5.02 Å². The molecular formula is C23H20ClNO6S. The number of carbonyl (C=O) groups excluding carboxylic acids is 1. The predicted octanol–water partition coefficient (Wildman–Crippen LogP) is 5.27. The van der Waals surface area contributed by atoms with Gasteiger partial charge in [-0.3, -0.25) is 4.79 Å². The van der Waals surface area contributed by atoms with Gasteiger partial charge in [-0.15, -0.1) is 11.3 Å². The first-order valence-electron chi connectivity index (χ1n) is 9.64. The monoisotopic (exact) mass is 473 g/mol. The molecule has 0 saturated carbocycles. The number of nitrogens with one attached hydrogen (secondary N) is 1. The SMILES string of the molecule is COc1ccc([C@@H]2CC(=O)Nc3c2sc(C(=O)O)c3-c2ccc(Cl)cc2)c(OC)c1OC. The van der Waals surface area contributed by atoms with E-state index < -0.39 is 11.9 Å². The number of aromatic carboxylic acids is 1. The van der Waals surface area contributed by atoms with Crippen molar-refractivity contribution in [1.29, 1.82) is 0 Å². The molecule has 1 atom stereocenters. The van der Waals surface area contributed by atoms with Crippen LogP contribution in [0.15, 0.2) is 36.4 Å². The molecule has 4 rings (SSSR count). The molecule has 1 aliphatic rings. The summed E-state index contributed by atoms with van der Waals surface area (Å²) in [7, 11) is 4.55. The Morgan fingerprint density at radius 1 is 1.06 bits per heavy atom. The molecule has 3 aromatic rings. The van der Waals surface area contributed by atoms with Crippen molar-refractivity contribution in [2.24, 2.45) is 0 Å². The number of benzene rings is 2. The molecule has 0 aliphatic carbocycles. The molecule has 0 radical (unpaired) electrons. The van der Waals surface area contributed by atoms with Gasteiger partial charge in [0, 0.05) is 33.4 Å². The van der Waals surface area contributed by atoms with Gasteiger partial charge >= 0.3 is 5.97 Å². The summed E-state index contributed by atoms with van der Waals surface area (Å²) in [5.74, 6) is -0.361. The van der Waals surface area contributed by atoms with Crippen LogP contribution in [0.4, 0.5) is 5.69 Å². The zero-order valence-electron chi connectivity index (χ0n) is 17.5. The number of methoxy groups -OCH3 is 3. The maximum absolute atomic E-state index is 12.7. The number of carboxylic acids is 1. The molecule has 0 spiro atoms. The van der Waals surface area contributed by atoms with Crippen LogP contribution in [-0.4, -0.2) is 38.3 Å². The third-order valence-corrected chi connectivity index (χ3v) is 6.89. The number of hydrogen-bond donors (Lipinski definition) is 2. The van der Waals surface area contributed by atoms with Crippen LogP contribution in [0.5, 0.6) is 17.2 Å². The Hall–Kier alpha value is -3.23. The van der Waals surface area contributed by atoms with Gasteiger partial charge in [-0.05, 0) is 23.8 Å². The second-order valence-corrected chi connectivity index (χ2v) is 8.57. The van der Waals surface area contributed by atoms with E-state index in [2.05, 4.69) is 5.32 Å². The third kappa shape index (κ3) is 3.65. The highest BCUT2D eigenvalue weighted by Crippen LogP contribution is 2.53. The molecule has 0 saturated heterocycles. The Labute approximate surface area is 193 Å². The first-order valence-corrected chi connectivity index (χ1v) is 10.8. The van der Waals surface area contributed by atoms with E-state index in [0.717, 1.165) is 16.2 Å². The maximum atomic E-state index is 12.7. The van der Waals surface area contributed by atoms with Gasteiger partial charge in [0.2, 0.25) is 11.7 Å². The number of thiophene rings is 1. The lowest BCUT2D eigenvalue weighted by Crippen LogP contribution is -2.23. The van der Waals surface area contributed by atoms with Gasteiger partial charge in [-0.1, -0.05) is 29.8 Å². The van der Waals surface area contributed by atoms with Crippen LogP contribution in [0.3, 0.4) is 0 Å². The Morgan fingerprint density at radius 2 is 1.75 bits per heavy atom. The molecule has 7 nitrogen and oxygen atoms in total. The van der Waals surface area contributed by atoms with E-state index in [1.54, 1.807) is 30.3 Å². The van der Waals surface area contributed by atoms with Gasteiger partial charge in [0.05, 0.1) is 27.0 Å². The summed E-state index contributed by atoms with van der Waals surface area (Å²) in [6.45, 7) is 0. The van der Waals surface area contributed by atoms with E-state index in [0.29, 0.717) is 44.6 Å². The normalized spacial score (nSPS) is 15.0. The second-order valence-electron chi connectivity index (χ2n) is 7.09. The predicted molar refractivity (Wildman–Crippen MR) is 123 cm³/mol. The van der Waals surface area contributed by atoms with Crippen molar-refractivity contribution in [3.63, 3.8) is 0 Å². The number of amides is 1. The summed E-state index contributed by atoms with van der Waals surface area (Å²) < 4.78 is 16.5. The van der Waals surface area contributed by atoms with Gasteiger partial charge in [0.1, 0.15) is 4.88 Å². The van der Waals surface area contributed by atoms with Crippen molar-refractivity contribution in [3.05, 3.63) is 56.7 Å². The zero-order valence-corrected chi connectivity index (χ0v) is 19.1. The Bertz CT molecular complexity index is 1200. The first kappa shape index (κ1) is 22.0. The molecule has 0 fully saturated rings. The molecule has 32 heavy (non-hydrogen) atoms. The highest BCUT2D eigenvalue weighted by atomic mass is 35.5. The lowest BCUT2D eigenvalue weighted by atomic mass is 9.87. The summed E-state index contributed by atoms with van der Waals surface area (Å²) in [6, 6.07) is 10.4. The number of carbonyl (C=O) groups is 2. The van der Waals surface area contributed by atoms with Crippen molar-refractivity contribution in [2.45, 2.75) is 12.3 Å². The molecular weight excluding hydrogens is 454 g/mol. The number of carboxylic acid groups (broad SMARTS) is 1. The van der Waals surface area contributed by atoms with Crippen LogP contribution in [-0.2, 0) is 4.79 Å². The van der Waals surface area contributed by atoms with Crippen LogP contribution in [0.25, 0.3) is 11.1 Å². The quantitative estimate of drug-likeness (QED) is 0.506. The lowest BCUT2D eigenvalue weighted by molar-refractivity contribution is -0.116. The minimum atomic E-state index is -1.07. The summed E-state index contributed by atoms with van der Waals surface area (Å²) in [4.78, 5) is 25.7. The highest BCUT2D eigenvalue weighted by Gasteiger charge is 2.36. The fourth-order valence-electron chi connectivity index (χ4n) is 3.98. The van der Waals surface area contributed by atoms with E-state index in [9.17, 15) is 14.7 Å². The largest absolute Gasteiger partial charge is 0.493 e. The molecule has 1 amide bonds. The summed E-state index contributed by atoms with van der Waals surface area (Å²) in [5.41, 5.74) is 2.33. The van der Waals surface area contributed by atoms with Crippen molar-refractivity contribution < 1.29 is 28.9 Å². The topological polar surface area (TPSA) is 94.1 Å². The van der Waals surface area contributed by atoms with Crippen molar-refractivity contribution >= 4 is 40.5 Å². The highest BCUT2D eigenvalue weighted by molar-refractivity contribution is 7.15. The molecule has 1 aliphatic heterocycles. The molecule has 166 valence electrons. The standard InChI is InChI=1S/C23H20ClNO6S/c1-29-15-9-8-13(19(30-2)20(15)31-3)14-10-16(26)25-18-17(11-4-6-12(24)7-5-11)22(23(27)28)32-21(14)18/h4-9,14H,10H2,1-3H3,(H,25,26)(H,27,28)/t14-/m0/s1. The molecule has 2 N–H and O–H groups in total. The minimum Gasteiger partial charge on any atom is -0.493 e. The van der Waals surface area contributed by atoms with Crippen LogP contribution in [0.1, 0.15) is 32.5 Å². The number of fused-ring (bicyclic) bond motifs is 1. The first-order chi connectivity index (χ1) is 15.4.